The number of carbonyl (C=O) groups excluding carboxylic acids is 1. The molecule has 136 valence electrons. The third-order valence-electron chi connectivity index (χ3n) is 4.41. The average molecular weight is 353 g/mol. The quantitative estimate of drug-likeness (QED) is 0.781. The number of rotatable bonds is 4. The lowest BCUT2D eigenvalue weighted by Crippen LogP contribution is -2.42. The highest BCUT2D eigenvalue weighted by Gasteiger charge is 2.26. The van der Waals surface area contributed by atoms with E-state index in [0.29, 0.717) is 16.8 Å². The number of nitrogens with one attached hydrogen (secondary N) is 1. The highest BCUT2D eigenvalue weighted by molar-refractivity contribution is 6.03. The zero-order chi connectivity index (χ0) is 19.0. The number of hydrogen-bond donors (Lipinski definition) is 1. The molecule has 7 heteroatoms. The third kappa shape index (κ3) is 2.89. The molecule has 1 aromatic carbocycles. The van der Waals surface area contributed by atoms with E-state index < -0.39 is 5.69 Å². The largest absolute Gasteiger partial charge is 0.363 e. The van der Waals surface area contributed by atoms with Crippen LogP contribution in [0.5, 0.6) is 0 Å². The predicted molar refractivity (Wildman–Crippen MR) is 100 cm³/mol. The molecule has 0 fully saturated rings. The fraction of sp³-hybridized carbons (Fsp3) is 0.368. The second kappa shape index (κ2) is 6.74. The summed E-state index contributed by atoms with van der Waals surface area (Å²) in [5.74, 6) is -0.0397. The molecule has 0 saturated carbocycles. The van der Waals surface area contributed by atoms with Crippen LogP contribution in [0, 0.1) is 6.92 Å². The minimum atomic E-state index is -0.411. The summed E-state index contributed by atoms with van der Waals surface area (Å²) in [6, 6.07) is 7.58. The van der Waals surface area contributed by atoms with Crippen molar-refractivity contribution in [2.24, 2.45) is 0 Å². The SMILES string of the molecule is Cc1nn2c(=O)[nH]ncc2c1-c1ccccc1C(=O)N(C(C)C)C(C)C. The van der Waals surface area contributed by atoms with Gasteiger partial charge >= 0.3 is 5.69 Å². The fourth-order valence-corrected chi connectivity index (χ4v) is 3.44. The Morgan fingerprint density at radius 3 is 2.46 bits per heavy atom. The number of H-pyrrole nitrogens is 1. The van der Waals surface area contributed by atoms with Crippen LogP contribution in [-0.4, -0.2) is 42.7 Å². The number of nitrogens with zero attached hydrogens (tertiary/aromatic N) is 4. The molecule has 26 heavy (non-hydrogen) atoms. The van der Waals surface area contributed by atoms with Gasteiger partial charge in [0.25, 0.3) is 5.91 Å². The van der Waals surface area contributed by atoms with Crippen molar-refractivity contribution in [3.63, 3.8) is 0 Å². The predicted octanol–water partition coefficient (Wildman–Crippen LogP) is 2.65. The molecular weight excluding hydrogens is 330 g/mol. The van der Waals surface area contributed by atoms with Crippen LogP contribution in [0.2, 0.25) is 0 Å². The third-order valence-corrected chi connectivity index (χ3v) is 4.41. The van der Waals surface area contributed by atoms with Gasteiger partial charge in [-0.2, -0.15) is 14.7 Å². The van der Waals surface area contributed by atoms with Gasteiger partial charge in [-0.15, -0.1) is 0 Å². The van der Waals surface area contributed by atoms with Gasteiger partial charge in [-0.1, -0.05) is 18.2 Å². The first kappa shape index (κ1) is 17.8. The van der Waals surface area contributed by atoms with Gasteiger partial charge in [-0.25, -0.2) is 9.89 Å². The number of amides is 1. The van der Waals surface area contributed by atoms with Gasteiger partial charge in [0.15, 0.2) is 0 Å². The van der Waals surface area contributed by atoms with Crippen molar-refractivity contribution < 1.29 is 4.79 Å². The van der Waals surface area contributed by atoms with E-state index in [1.165, 1.54) is 4.52 Å². The van der Waals surface area contributed by atoms with E-state index in [4.69, 9.17) is 0 Å². The molecule has 2 aromatic heterocycles. The van der Waals surface area contributed by atoms with Gasteiger partial charge in [-0.3, -0.25) is 4.79 Å². The van der Waals surface area contributed by atoms with E-state index >= 15 is 0 Å². The molecule has 3 rings (SSSR count). The van der Waals surface area contributed by atoms with Crippen LogP contribution in [0.15, 0.2) is 35.3 Å². The van der Waals surface area contributed by atoms with Crippen molar-refractivity contribution in [1.29, 1.82) is 0 Å². The smallest absolute Gasteiger partial charge is 0.334 e. The van der Waals surface area contributed by atoms with Gasteiger partial charge in [0.1, 0.15) is 5.52 Å². The molecular formula is C19H23N5O2. The van der Waals surface area contributed by atoms with Gasteiger partial charge < -0.3 is 4.90 Å². The number of hydrogen-bond acceptors (Lipinski definition) is 4. The Bertz CT molecular complexity index is 1010. The molecule has 1 amide bonds. The van der Waals surface area contributed by atoms with Gasteiger partial charge in [0, 0.05) is 23.2 Å². The Kier molecular flexibility index (Phi) is 4.63. The average Bonchev–Trinajstić information content (AvgIpc) is 2.91. The van der Waals surface area contributed by atoms with E-state index in [1.54, 1.807) is 6.20 Å². The molecule has 0 aliphatic carbocycles. The summed E-state index contributed by atoms with van der Waals surface area (Å²) in [4.78, 5) is 27.1. The minimum absolute atomic E-state index is 0.0397. The molecule has 0 bridgehead atoms. The molecule has 0 atom stereocenters. The molecule has 0 radical (unpaired) electrons. The van der Waals surface area contributed by atoms with E-state index in [9.17, 15) is 9.59 Å². The summed E-state index contributed by atoms with van der Waals surface area (Å²) >= 11 is 0. The Morgan fingerprint density at radius 2 is 1.81 bits per heavy atom. The molecule has 7 nitrogen and oxygen atoms in total. The van der Waals surface area contributed by atoms with E-state index in [0.717, 1.165) is 11.1 Å². The first-order chi connectivity index (χ1) is 12.3. The van der Waals surface area contributed by atoms with Crippen LogP contribution in [0.1, 0.15) is 43.7 Å². The lowest BCUT2D eigenvalue weighted by atomic mass is 9.97. The number of benzene rings is 1. The standard InChI is InChI=1S/C19H23N5O2/c1-11(2)23(12(3)4)18(25)15-9-7-6-8-14(15)17-13(5)22-24-16(17)10-20-21-19(24)26/h6-12H,1-5H3,(H,21,26). The Morgan fingerprint density at radius 1 is 1.15 bits per heavy atom. The first-order valence-corrected chi connectivity index (χ1v) is 8.68. The van der Waals surface area contributed by atoms with Crippen molar-refractivity contribution in [1.82, 2.24) is 24.7 Å². The maximum absolute atomic E-state index is 13.3. The van der Waals surface area contributed by atoms with Crippen LogP contribution >= 0.6 is 0 Å². The highest BCUT2D eigenvalue weighted by Crippen LogP contribution is 2.31. The summed E-state index contributed by atoms with van der Waals surface area (Å²) in [7, 11) is 0. The Hall–Kier alpha value is -2.96. The lowest BCUT2D eigenvalue weighted by molar-refractivity contribution is 0.0644. The van der Waals surface area contributed by atoms with Crippen LogP contribution in [0.4, 0.5) is 0 Å². The van der Waals surface area contributed by atoms with Gasteiger partial charge in [-0.05, 0) is 46.2 Å². The fourth-order valence-electron chi connectivity index (χ4n) is 3.44. The van der Waals surface area contributed by atoms with Crippen molar-refractivity contribution in [2.75, 3.05) is 0 Å². The number of carbonyl (C=O) groups is 1. The molecule has 0 unspecified atom stereocenters. The van der Waals surface area contributed by atoms with Crippen molar-refractivity contribution in [3.05, 3.63) is 52.2 Å². The molecule has 0 aliphatic rings. The summed E-state index contributed by atoms with van der Waals surface area (Å²) in [5, 5.41) is 10.6. The van der Waals surface area contributed by atoms with E-state index in [-0.39, 0.29) is 18.0 Å². The molecule has 3 aromatic rings. The number of aryl methyl sites for hydroxylation is 1. The zero-order valence-corrected chi connectivity index (χ0v) is 15.6. The number of aromatic amines is 1. The lowest BCUT2D eigenvalue weighted by Gasteiger charge is -2.31. The first-order valence-electron chi connectivity index (χ1n) is 8.68. The van der Waals surface area contributed by atoms with Gasteiger partial charge in [0.2, 0.25) is 0 Å². The van der Waals surface area contributed by atoms with E-state index in [2.05, 4.69) is 15.3 Å². The Balaban J connectivity index is 2.24. The van der Waals surface area contributed by atoms with Crippen LogP contribution in [-0.2, 0) is 0 Å². The monoisotopic (exact) mass is 353 g/mol. The Labute approximate surface area is 151 Å². The van der Waals surface area contributed by atoms with Crippen LogP contribution < -0.4 is 5.69 Å². The second-order valence-electron chi connectivity index (χ2n) is 6.88. The molecule has 0 aliphatic heterocycles. The van der Waals surface area contributed by atoms with Crippen LogP contribution in [0.3, 0.4) is 0 Å². The van der Waals surface area contributed by atoms with E-state index in [1.807, 2.05) is 63.8 Å². The minimum Gasteiger partial charge on any atom is -0.334 e. The topological polar surface area (TPSA) is 83.4 Å². The highest BCUT2D eigenvalue weighted by atomic mass is 16.2. The molecule has 1 N–H and O–H groups in total. The number of aromatic nitrogens is 4. The maximum Gasteiger partial charge on any atom is 0.363 e. The van der Waals surface area contributed by atoms with Crippen molar-refractivity contribution in [3.8, 4) is 11.1 Å². The van der Waals surface area contributed by atoms with Gasteiger partial charge in [0.05, 0.1) is 11.9 Å². The summed E-state index contributed by atoms with van der Waals surface area (Å²) < 4.78 is 1.28. The molecule has 2 heterocycles. The summed E-state index contributed by atoms with van der Waals surface area (Å²) in [5.41, 5.74) is 2.93. The van der Waals surface area contributed by atoms with Crippen molar-refractivity contribution >= 4 is 11.4 Å². The zero-order valence-electron chi connectivity index (χ0n) is 15.6. The molecule has 0 saturated heterocycles. The van der Waals surface area contributed by atoms with Crippen LogP contribution in [0.25, 0.3) is 16.6 Å². The normalized spacial score (nSPS) is 11.5. The number of fused-ring (bicyclic) bond motifs is 1. The molecule has 0 spiro atoms. The van der Waals surface area contributed by atoms with Crippen molar-refractivity contribution in [2.45, 2.75) is 46.7 Å². The maximum atomic E-state index is 13.3. The summed E-state index contributed by atoms with van der Waals surface area (Å²) in [6.45, 7) is 9.84. The summed E-state index contributed by atoms with van der Waals surface area (Å²) in [6.07, 6.45) is 1.56. The second-order valence-corrected chi connectivity index (χ2v) is 6.88.